The first-order valence-electron chi connectivity index (χ1n) is 25.4. The van der Waals surface area contributed by atoms with Crippen LogP contribution in [0.2, 0.25) is 0 Å². The lowest BCUT2D eigenvalue weighted by Gasteiger charge is -2.49. The van der Waals surface area contributed by atoms with Crippen molar-refractivity contribution in [2.24, 2.45) is 17.8 Å². The maximum absolute atomic E-state index is 15.0. The predicted molar refractivity (Wildman–Crippen MR) is 263 cm³/mol. The number of benzene rings is 1. The van der Waals surface area contributed by atoms with Crippen LogP contribution in [0.3, 0.4) is 0 Å². The third-order valence-electron chi connectivity index (χ3n) is 15.9. The van der Waals surface area contributed by atoms with Crippen molar-refractivity contribution in [3.8, 4) is 5.75 Å². The van der Waals surface area contributed by atoms with Gasteiger partial charge in [-0.2, -0.15) is 0 Å². The van der Waals surface area contributed by atoms with E-state index in [1.54, 1.807) is 47.9 Å². The Morgan fingerprint density at radius 2 is 1.65 bits per heavy atom. The molecule has 18 atom stereocenters. The highest BCUT2D eigenvalue weighted by Gasteiger charge is 2.60. The number of carbonyl (C=O) groups excluding carboxylic acids is 3. The molecular formula is C52H83N5O14. The number of nitrogens with zero attached hydrogens (tertiary/aromatic N) is 3. The van der Waals surface area contributed by atoms with E-state index < -0.39 is 108 Å². The highest BCUT2D eigenvalue weighted by molar-refractivity contribution is 5.83. The number of aliphatic hydroxyl groups is 2. The van der Waals surface area contributed by atoms with Crippen molar-refractivity contribution in [1.29, 1.82) is 0 Å². The van der Waals surface area contributed by atoms with E-state index in [9.17, 15) is 19.8 Å². The lowest BCUT2D eigenvalue weighted by atomic mass is 9.77. The molecule has 6 rings (SSSR count). The highest BCUT2D eigenvalue weighted by Crippen LogP contribution is 2.42. The number of methoxy groups -OCH3 is 3. The van der Waals surface area contributed by atoms with Gasteiger partial charge in [0.05, 0.1) is 60.2 Å². The molecule has 2 aromatic rings. The molecule has 4 N–H and O–H groups in total. The maximum Gasteiger partial charge on any atom is 0.425 e. The van der Waals surface area contributed by atoms with Gasteiger partial charge >= 0.3 is 12.1 Å². The Hall–Kier alpha value is -3.76. The number of pyridine rings is 1. The number of fused-ring (bicyclic) bond motifs is 2. The van der Waals surface area contributed by atoms with Crippen LogP contribution in [0.5, 0.6) is 5.75 Å². The molecule has 4 fully saturated rings. The first-order chi connectivity index (χ1) is 33.4. The zero-order valence-electron chi connectivity index (χ0n) is 44.6. The number of nitrogens with one attached hydrogen (secondary N) is 2. The minimum Gasteiger partial charge on any atom is -0.497 e. The van der Waals surface area contributed by atoms with Crippen LogP contribution in [-0.2, 0) is 53.9 Å². The van der Waals surface area contributed by atoms with Crippen LogP contribution in [0.4, 0.5) is 4.79 Å². The van der Waals surface area contributed by atoms with Crippen molar-refractivity contribution < 1.29 is 67.2 Å². The third-order valence-corrected chi connectivity index (χ3v) is 15.9. The Bertz CT molecular complexity index is 2140. The van der Waals surface area contributed by atoms with Gasteiger partial charge in [0.25, 0.3) is 0 Å². The number of hydrogen-bond donors (Lipinski definition) is 4. The minimum absolute atomic E-state index is 0.108. The second-order valence-corrected chi connectivity index (χ2v) is 21.3. The summed E-state index contributed by atoms with van der Waals surface area (Å²) in [4.78, 5) is 50.2. The molecule has 0 saturated carbocycles. The second-order valence-electron chi connectivity index (χ2n) is 21.3. The normalized spacial score (nSPS) is 39.8. The molecule has 1 unspecified atom stereocenters. The van der Waals surface area contributed by atoms with Crippen LogP contribution in [-0.4, -0.2) is 175 Å². The molecule has 0 aliphatic carbocycles. The second kappa shape index (κ2) is 23.2. The summed E-state index contributed by atoms with van der Waals surface area (Å²) in [7, 11) is 8.45. The summed E-state index contributed by atoms with van der Waals surface area (Å²) in [5.74, 6) is -2.76. The Labute approximate surface area is 420 Å². The number of hydrazine groups is 1. The van der Waals surface area contributed by atoms with Gasteiger partial charge in [-0.15, -0.1) is 0 Å². The molecule has 4 aliphatic heterocycles. The highest BCUT2D eigenvalue weighted by atomic mass is 16.7. The van der Waals surface area contributed by atoms with E-state index in [4.69, 9.17) is 42.6 Å². The summed E-state index contributed by atoms with van der Waals surface area (Å²) in [6.45, 7) is 18.4. The van der Waals surface area contributed by atoms with E-state index in [1.165, 1.54) is 19.2 Å². The molecule has 19 heteroatoms. The zero-order valence-corrected chi connectivity index (χ0v) is 44.6. The lowest BCUT2D eigenvalue weighted by molar-refractivity contribution is -0.319. The molecule has 0 spiro atoms. The smallest absolute Gasteiger partial charge is 0.425 e. The van der Waals surface area contributed by atoms with Gasteiger partial charge in [-0.05, 0) is 118 Å². The fourth-order valence-corrected chi connectivity index (χ4v) is 11.5. The summed E-state index contributed by atoms with van der Waals surface area (Å²) in [5.41, 5.74) is 1.40. The average Bonchev–Trinajstić information content (AvgIpc) is 3.60. The van der Waals surface area contributed by atoms with Gasteiger partial charge in [0, 0.05) is 62.7 Å². The number of aryl methyl sites for hydroxylation is 1. The van der Waals surface area contributed by atoms with Crippen LogP contribution in [0.25, 0.3) is 10.9 Å². The molecular weight excluding hydrogens is 919 g/mol. The van der Waals surface area contributed by atoms with Crippen LogP contribution >= 0.6 is 0 Å². The zero-order chi connectivity index (χ0) is 52.3. The number of carbonyl (C=O) groups is 3. The molecule has 4 saturated heterocycles. The molecule has 0 bridgehead atoms. The van der Waals surface area contributed by atoms with Gasteiger partial charge in [-0.25, -0.2) is 15.2 Å². The molecule has 2 amide bonds. The van der Waals surface area contributed by atoms with E-state index in [0.29, 0.717) is 31.6 Å². The first kappa shape index (κ1) is 56.5. The van der Waals surface area contributed by atoms with E-state index in [0.717, 1.165) is 16.5 Å². The third kappa shape index (κ3) is 12.0. The molecule has 5 heterocycles. The monoisotopic (exact) mass is 1000 g/mol. The summed E-state index contributed by atoms with van der Waals surface area (Å²) < 4.78 is 57.0. The number of aromatic nitrogens is 1. The average molecular weight is 1000 g/mol. The largest absolute Gasteiger partial charge is 0.497 e. The molecule has 71 heavy (non-hydrogen) atoms. The van der Waals surface area contributed by atoms with Gasteiger partial charge in [0.1, 0.15) is 30.1 Å². The number of hydrogen-bond acceptors (Lipinski definition) is 17. The standard InChI is InChI=1S/C52H83N5O14/c1-16-39-52(10)43(57(49(62)71-52)54-22-17-18-34-21-23-53-37-25-35(63-13)19-20-36(34)37)32(6)55-46(60)28(2)26-51(9,65-15)45(70-48-41(58)38(56(11)12)24-29(3)66-48)30(4)42(31(5)47(61)68-39)69-40-27-50(8,64-14)44(59)33(7)67-40/h19-21,23,25,28-33,38-45,48,54,58-59H,16-18,22,24,26-27H2,1-15H3,(H,55,60)/t28-,29-,30+,31-,32?,33+,38+,39-,40+,41-,42+,43-,44+,45-,48+,50-,51+,52-/m1/s1. The Kier molecular flexibility index (Phi) is 18.5. The lowest BCUT2D eigenvalue weighted by Crippen LogP contribution is -2.63. The van der Waals surface area contributed by atoms with Gasteiger partial charge < -0.3 is 63.1 Å². The van der Waals surface area contributed by atoms with Crippen molar-refractivity contribution in [2.75, 3.05) is 42.0 Å². The van der Waals surface area contributed by atoms with Gasteiger partial charge in [-0.1, -0.05) is 20.8 Å². The van der Waals surface area contributed by atoms with Crippen molar-refractivity contribution >= 4 is 28.9 Å². The minimum atomic E-state index is -1.47. The van der Waals surface area contributed by atoms with Crippen molar-refractivity contribution in [1.82, 2.24) is 25.6 Å². The molecule has 0 radical (unpaired) electrons. The van der Waals surface area contributed by atoms with Gasteiger partial charge in [0.2, 0.25) is 5.91 Å². The fourth-order valence-electron chi connectivity index (χ4n) is 11.5. The van der Waals surface area contributed by atoms with Gasteiger partial charge in [0.15, 0.2) is 18.2 Å². The van der Waals surface area contributed by atoms with E-state index >= 15 is 4.79 Å². The SMILES string of the molecule is CC[C@H]1OC(=O)[C@H](C)[C@@H](O[C@H]2C[C@@](C)(OC)[C@@H](O)[C@H](C)O2)[C@H](C)[C@@H](O[C@@H]2O[C@H](C)C[C@H](N(C)C)[C@H]2O)[C@@](C)(OC)C[C@@H](C)C(=O)NC(C)[C@H]2N(NCCCc3ccnc4cc(OC)ccc34)C(=O)O[C@]12C. The van der Waals surface area contributed by atoms with E-state index in [1.807, 2.05) is 77.9 Å². The van der Waals surface area contributed by atoms with Crippen LogP contribution in [0, 0.1) is 17.8 Å². The number of esters is 1. The number of amides is 2. The summed E-state index contributed by atoms with van der Waals surface area (Å²) >= 11 is 0. The molecule has 400 valence electrons. The van der Waals surface area contributed by atoms with Crippen LogP contribution in [0.15, 0.2) is 30.5 Å². The number of rotatable bonds is 14. The summed E-state index contributed by atoms with van der Waals surface area (Å²) in [6.07, 6.45) is -4.79. The fraction of sp³-hybridized carbons (Fsp3) is 0.769. The number of aliphatic hydroxyl groups excluding tert-OH is 2. The van der Waals surface area contributed by atoms with E-state index in [2.05, 4.69) is 15.7 Å². The van der Waals surface area contributed by atoms with Crippen molar-refractivity contribution in [3.63, 3.8) is 0 Å². The predicted octanol–water partition coefficient (Wildman–Crippen LogP) is 4.90. The van der Waals surface area contributed by atoms with Crippen LogP contribution < -0.4 is 15.5 Å². The van der Waals surface area contributed by atoms with Crippen molar-refractivity contribution in [3.05, 3.63) is 36.0 Å². The quantitative estimate of drug-likeness (QED) is 0.146. The van der Waals surface area contributed by atoms with Crippen molar-refractivity contribution in [2.45, 2.75) is 198 Å². The molecule has 4 aliphatic rings. The Balaban J connectivity index is 1.37. The number of ether oxygens (including phenoxy) is 9. The Morgan fingerprint density at radius 3 is 2.30 bits per heavy atom. The first-order valence-corrected chi connectivity index (χ1v) is 25.4. The van der Waals surface area contributed by atoms with E-state index in [-0.39, 0.29) is 37.3 Å². The Morgan fingerprint density at radius 1 is 0.944 bits per heavy atom. The maximum atomic E-state index is 15.0. The summed E-state index contributed by atoms with van der Waals surface area (Å²) in [5, 5.41) is 28.6. The molecule has 19 nitrogen and oxygen atoms in total. The topological polar surface area (TPSA) is 218 Å². The van der Waals surface area contributed by atoms with Gasteiger partial charge in [-0.3, -0.25) is 14.6 Å². The van der Waals surface area contributed by atoms with Crippen LogP contribution in [0.1, 0.15) is 107 Å². The number of likely N-dealkylation sites (N-methyl/N-ethyl adjacent to an activating group) is 1. The number of cyclic esters (lactones) is 1. The molecule has 1 aromatic carbocycles. The molecule has 1 aromatic heterocycles. The summed E-state index contributed by atoms with van der Waals surface area (Å²) in [6, 6.07) is 5.87.